The molecule has 0 saturated carbocycles. The number of nitrogens with two attached hydrogens (primary N) is 1. The Balaban J connectivity index is 3.30. The highest BCUT2D eigenvalue weighted by Gasteiger charge is 2.38. The van der Waals surface area contributed by atoms with Crippen LogP contribution in [0.25, 0.3) is 0 Å². The first kappa shape index (κ1) is 11.2. The molecule has 3 N–H and O–H groups in total. The molecule has 0 fully saturated rings. The molecule has 1 rings (SSSR count). The van der Waals surface area contributed by atoms with Gasteiger partial charge in [0.25, 0.3) is 10.1 Å². The highest BCUT2D eigenvalue weighted by atomic mass is 32.2. The second kappa shape index (κ2) is 3.68. The first-order chi connectivity index (χ1) is 6.42. The fraction of sp³-hybridized carbons (Fsp3) is 0.333. The van der Waals surface area contributed by atoms with Gasteiger partial charge in [-0.2, -0.15) is 8.42 Å². The van der Waals surface area contributed by atoms with E-state index in [0.29, 0.717) is 5.56 Å². The van der Waals surface area contributed by atoms with Gasteiger partial charge in [-0.25, -0.2) is 0 Å². The standard InChI is InChI=1S/C9H13NO3S/c1-9(7-10,14(11,12)13)8-5-3-2-4-6-8/h2-6H,7,10H2,1H3,(H,11,12,13). The Bertz CT molecular complexity index is 401. The van der Waals surface area contributed by atoms with Gasteiger partial charge in [-0.15, -0.1) is 0 Å². The van der Waals surface area contributed by atoms with E-state index in [4.69, 9.17) is 10.3 Å². The summed E-state index contributed by atoms with van der Waals surface area (Å²) in [5.74, 6) is 0. The summed E-state index contributed by atoms with van der Waals surface area (Å²) >= 11 is 0. The van der Waals surface area contributed by atoms with Crippen molar-refractivity contribution in [2.45, 2.75) is 11.7 Å². The topological polar surface area (TPSA) is 80.4 Å². The summed E-state index contributed by atoms with van der Waals surface area (Å²) in [5, 5.41) is 0. The molecule has 0 heterocycles. The van der Waals surface area contributed by atoms with Gasteiger partial charge in [0.1, 0.15) is 4.75 Å². The Labute approximate surface area is 83.5 Å². The molecular weight excluding hydrogens is 202 g/mol. The summed E-state index contributed by atoms with van der Waals surface area (Å²) in [7, 11) is -4.19. The number of hydrogen-bond acceptors (Lipinski definition) is 3. The third kappa shape index (κ3) is 1.79. The molecule has 0 radical (unpaired) electrons. The maximum absolute atomic E-state index is 11.2. The van der Waals surface area contributed by atoms with Crippen LogP contribution in [0.15, 0.2) is 30.3 Å². The van der Waals surface area contributed by atoms with Crippen LogP contribution < -0.4 is 5.73 Å². The molecule has 1 aromatic rings. The van der Waals surface area contributed by atoms with Gasteiger partial charge in [0.2, 0.25) is 0 Å². The Morgan fingerprint density at radius 3 is 2.21 bits per heavy atom. The molecule has 14 heavy (non-hydrogen) atoms. The predicted octanol–water partition coefficient (Wildman–Crippen LogP) is 0.748. The third-order valence-corrected chi connectivity index (χ3v) is 3.88. The van der Waals surface area contributed by atoms with Crippen LogP contribution in [-0.2, 0) is 14.9 Å². The molecule has 0 saturated heterocycles. The third-order valence-electron chi connectivity index (χ3n) is 2.34. The van der Waals surface area contributed by atoms with Gasteiger partial charge in [-0.05, 0) is 12.5 Å². The maximum atomic E-state index is 11.2. The van der Waals surface area contributed by atoms with E-state index in [1.807, 2.05) is 0 Å². The number of hydrogen-bond donors (Lipinski definition) is 2. The van der Waals surface area contributed by atoms with Crippen molar-refractivity contribution in [2.75, 3.05) is 6.54 Å². The summed E-state index contributed by atoms with van der Waals surface area (Å²) in [4.78, 5) is 0. The second-order valence-corrected chi connectivity index (χ2v) is 5.13. The summed E-state index contributed by atoms with van der Waals surface area (Å²) in [6, 6.07) is 8.43. The molecule has 1 atom stereocenters. The van der Waals surface area contributed by atoms with Crippen molar-refractivity contribution in [1.82, 2.24) is 0 Å². The van der Waals surface area contributed by atoms with Gasteiger partial charge in [0.15, 0.2) is 0 Å². The monoisotopic (exact) mass is 215 g/mol. The molecule has 5 heteroatoms. The molecule has 0 spiro atoms. The summed E-state index contributed by atoms with van der Waals surface area (Å²) < 4.78 is 30.0. The van der Waals surface area contributed by atoms with Crippen LogP contribution in [0.4, 0.5) is 0 Å². The zero-order valence-corrected chi connectivity index (χ0v) is 8.66. The summed E-state index contributed by atoms with van der Waals surface area (Å²) in [6.07, 6.45) is 0. The lowest BCUT2D eigenvalue weighted by Gasteiger charge is -2.24. The van der Waals surface area contributed by atoms with E-state index in [9.17, 15) is 8.42 Å². The maximum Gasteiger partial charge on any atom is 0.275 e. The molecule has 0 amide bonds. The van der Waals surface area contributed by atoms with E-state index >= 15 is 0 Å². The molecule has 78 valence electrons. The van der Waals surface area contributed by atoms with Crippen LogP contribution in [0, 0.1) is 0 Å². The smallest absolute Gasteiger partial charge is 0.275 e. The van der Waals surface area contributed by atoms with Crippen molar-refractivity contribution in [3.05, 3.63) is 35.9 Å². The predicted molar refractivity (Wildman–Crippen MR) is 54.4 cm³/mol. The molecule has 0 bridgehead atoms. The zero-order valence-electron chi connectivity index (χ0n) is 7.84. The van der Waals surface area contributed by atoms with E-state index in [2.05, 4.69) is 0 Å². The lowest BCUT2D eigenvalue weighted by atomic mass is 10.0. The highest BCUT2D eigenvalue weighted by molar-refractivity contribution is 7.86. The first-order valence-electron chi connectivity index (χ1n) is 4.14. The fourth-order valence-corrected chi connectivity index (χ4v) is 1.81. The Morgan fingerprint density at radius 2 is 1.86 bits per heavy atom. The molecule has 1 aromatic carbocycles. The lowest BCUT2D eigenvalue weighted by Crippen LogP contribution is -2.39. The van der Waals surface area contributed by atoms with Crippen LogP contribution in [-0.4, -0.2) is 19.5 Å². The minimum absolute atomic E-state index is 0.157. The van der Waals surface area contributed by atoms with Gasteiger partial charge >= 0.3 is 0 Å². The Kier molecular flexibility index (Phi) is 2.94. The fourth-order valence-electron chi connectivity index (χ4n) is 1.16. The summed E-state index contributed by atoms with van der Waals surface area (Å²) in [6.45, 7) is 1.24. The normalized spacial score (nSPS) is 16.2. The number of rotatable bonds is 3. The van der Waals surface area contributed by atoms with E-state index < -0.39 is 14.9 Å². The van der Waals surface area contributed by atoms with Crippen LogP contribution in [0.3, 0.4) is 0 Å². The van der Waals surface area contributed by atoms with E-state index in [-0.39, 0.29) is 6.54 Å². The van der Waals surface area contributed by atoms with Crippen molar-refractivity contribution in [3.63, 3.8) is 0 Å². The van der Waals surface area contributed by atoms with Crippen LogP contribution >= 0.6 is 0 Å². The second-order valence-electron chi connectivity index (χ2n) is 3.28. The van der Waals surface area contributed by atoms with Gasteiger partial charge in [-0.1, -0.05) is 30.3 Å². The molecule has 0 aliphatic heterocycles. The number of benzene rings is 1. The van der Waals surface area contributed by atoms with Crippen molar-refractivity contribution >= 4 is 10.1 Å². The lowest BCUT2D eigenvalue weighted by molar-refractivity contribution is 0.438. The molecule has 1 unspecified atom stereocenters. The van der Waals surface area contributed by atoms with Crippen molar-refractivity contribution in [1.29, 1.82) is 0 Å². The average molecular weight is 215 g/mol. The van der Waals surface area contributed by atoms with Gasteiger partial charge in [0, 0.05) is 6.54 Å². The van der Waals surface area contributed by atoms with E-state index in [1.165, 1.54) is 6.92 Å². The minimum atomic E-state index is -4.19. The molecule has 0 aromatic heterocycles. The van der Waals surface area contributed by atoms with Gasteiger partial charge < -0.3 is 5.73 Å². The molecule has 4 nitrogen and oxygen atoms in total. The summed E-state index contributed by atoms with van der Waals surface area (Å²) in [5.41, 5.74) is 5.88. The highest BCUT2D eigenvalue weighted by Crippen LogP contribution is 2.27. The van der Waals surface area contributed by atoms with Crippen LogP contribution in [0.5, 0.6) is 0 Å². The van der Waals surface area contributed by atoms with E-state index in [1.54, 1.807) is 30.3 Å². The van der Waals surface area contributed by atoms with Crippen molar-refractivity contribution < 1.29 is 13.0 Å². The first-order valence-corrected chi connectivity index (χ1v) is 5.58. The Morgan fingerprint density at radius 1 is 1.36 bits per heavy atom. The minimum Gasteiger partial charge on any atom is -0.328 e. The average Bonchev–Trinajstić information content (AvgIpc) is 2.16. The van der Waals surface area contributed by atoms with E-state index in [0.717, 1.165) is 0 Å². The van der Waals surface area contributed by atoms with Crippen LogP contribution in [0.1, 0.15) is 12.5 Å². The van der Waals surface area contributed by atoms with Crippen molar-refractivity contribution in [3.8, 4) is 0 Å². The zero-order chi connectivity index (χ0) is 10.8. The molecule has 0 aliphatic carbocycles. The van der Waals surface area contributed by atoms with Crippen LogP contribution in [0.2, 0.25) is 0 Å². The molecular formula is C9H13NO3S. The SMILES string of the molecule is CC(CN)(c1ccccc1)S(=O)(=O)O. The van der Waals surface area contributed by atoms with Gasteiger partial charge in [0.05, 0.1) is 0 Å². The Hall–Kier alpha value is -0.910. The molecule has 0 aliphatic rings. The van der Waals surface area contributed by atoms with Gasteiger partial charge in [-0.3, -0.25) is 4.55 Å². The van der Waals surface area contributed by atoms with Crippen molar-refractivity contribution in [2.24, 2.45) is 5.73 Å². The quantitative estimate of drug-likeness (QED) is 0.729. The largest absolute Gasteiger partial charge is 0.328 e.